The molecule has 12 heteroatoms. The minimum Gasteiger partial charge on any atom is -0.455 e. The predicted octanol–water partition coefficient (Wildman–Crippen LogP) is 6.04. The molecule has 47 heavy (non-hydrogen) atoms. The van der Waals surface area contributed by atoms with Gasteiger partial charge < -0.3 is 23.7 Å². The summed E-state index contributed by atoms with van der Waals surface area (Å²) in [5.74, 6) is -5.97. The SMILES string of the molecule is CO[C@@H]1CC(=O)O[C@H]2C(=O)O[C@H](/C(C)=C/[C@@H](C)C(=O)[C@@H]1C)[C@@H](C)CCC[C@@H](C)/C=C/[C@H]2OC(=O)[C@](OC)(c1ccccc1)C(F)(F)F. The number of allylic oxidation sites excluding steroid dienone is 2. The third-order valence-electron chi connectivity index (χ3n) is 9.00. The molecule has 0 unspecified atom stereocenters. The minimum atomic E-state index is -5.29. The van der Waals surface area contributed by atoms with E-state index >= 15 is 0 Å². The number of ether oxygens (including phenoxy) is 5. The van der Waals surface area contributed by atoms with Crippen LogP contribution in [0.4, 0.5) is 13.2 Å². The van der Waals surface area contributed by atoms with E-state index in [1.807, 2.05) is 13.8 Å². The molecule has 1 aromatic rings. The third kappa shape index (κ3) is 8.70. The number of alkyl halides is 3. The molecule has 0 amide bonds. The number of ketones is 1. The highest BCUT2D eigenvalue weighted by Gasteiger charge is 2.64. The quantitative estimate of drug-likeness (QED) is 0.211. The molecule has 260 valence electrons. The van der Waals surface area contributed by atoms with E-state index in [4.69, 9.17) is 23.7 Å². The summed E-state index contributed by atoms with van der Waals surface area (Å²) in [5, 5.41) is 0. The molecule has 2 bridgehead atoms. The predicted molar refractivity (Wildman–Crippen MR) is 165 cm³/mol. The molecular weight excluding hydrogens is 621 g/mol. The van der Waals surface area contributed by atoms with Crippen LogP contribution in [0.15, 0.2) is 54.1 Å². The second-order valence-corrected chi connectivity index (χ2v) is 12.5. The molecular formula is C35H45F3O9. The maximum absolute atomic E-state index is 14.8. The maximum Gasteiger partial charge on any atom is 0.432 e. The van der Waals surface area contributed by atoms with E-state index in [1.165, 1.54) is 31.4 Å². The number of halogens is 3. The number of rotatable bonds is 5. The Morgan fingerprint density at radius 1 is 0.915 bits per heavy atom. The van der Waals surface area contributed by atoms with Gasteiger partial charge in [-0.25, -0.2) is 9.59 Å². The van der Waals surface area contributed by atoms with Crippen LogP contribution in [0.5, 0.6) is 0 Å². The van der Waals surface area contributed by atoms with Gasteiger partial charge in [0.05, 0.1) is 12.5 Å². The van der Waals surface area contributed by atoms with Crippen molar-refractivity contribution in [1.29, 1.82) is 0 Å². The van der Waals surface area contributed by atoms with Crippen molar-refractivity contribution >= 4 is 23.7 Å². The van der Waals surface area contributed by atoms with Gasteiger partial charge >= 0.3 is 24.1 Å². The molecule has 2 heterocycles. The fourth-order valence-electron chi connectivity index (χ4n) is 6.19. The number of carbonyl (C=O) groups excluding carboxylic acids is 4. The summed E-state index contributed by atoms with van der Waals surface area (Å²) in [6.45, 7) is 8.79. The lowest BCUT2D eigenvalue weighted by Crippen LogP contribution is -2.54. The van der Waals surface area contributed by atoms with Crippen LogP contribution < -0.4 is 0 Å². The summed E-state index contributed by atoms with van der Waals surface area (Å²) in [5.41, 5.74) is -3.55. The van der Waals surface area contributed by atoms with Crippen molar-refractivity contribution < 1.29 is 56.0 Å². The van der Waals surface area contributed by atoms with Crippen molar-refractivity contribution in [2.75, 3.05) is 14.2 Å². The van der Waals surface area contributed by atoms with Gasteiger partial charge in [-0.05, 0) is 43.3 Å². The summed E-state index contributed by atoms with van der Waals surface area (Å²) < 4.78 is 71.6. The number of hydrogen-bond acceptors (Lipinski definition) is 9. The molecule has 0 saturated carbocycles. The highest BCUT2D eigenvalue weighted by atomic mass is 19.4. The number of benzene rings is 1. The molecule has 9 nitrogen and oxygen atoms in total. The van der Waals surface area contributed by atoms with Crippen LogP contribution in [0.25, 0.3) is 0 Å². The monoisotopic (exact) mass is 666 g/mol. The first-order chi connectivity index (χ1) is 22.1. The third-order valence-corrected chi connectivity index (χ3v) is 9.00. The Labute approximate surface area is 273 Å². The highest BCUT2D eigenvalue weighted by Crippen LogP contribution is 2.43. The summed E-state index contributed by atoms with van der Waals surface area (Å²) >= 11 is 0. The van der Waals surface area contributed by atoms with Gasteiger partial charge in [-0.2, -0.15) is 13.2 Å². The van der Waals surface area contributed by atoms with Crippen LogP contribution in [0.2, 0.25) is 0 Å². The number of Topliss-reactive ketones (excluding diaryl/α,β-unsaturated/α-hetero) is 1. The van der Waals surface area contributed by atoms with Crippen LogP contribution >= 0.6 is 0 Å². The Morgan fingerprint density at radius 2 is 1.57 bits per heavy atom. The first-order valence-electron chi connectivity index (χ1n) is 15.8. The van der Waals surface area contributed by atoms with Crippen LogP contribution in [0.1, 0.15) is 65.9 Å². The van der Waals surface area contributed by atoms with Gasteiger partial charge in [0.2, 0.25) is 6.10 Å². The Bertz CT molecular complexity index is 1330. The molecule has 3 rings (SSSR count). The topological polar surface area (TPSA) is 114 Å². The maximum atomic E-state index is 14.8. The zero-order valence-corrected chi connectivity index (χ0v) is 27.9. The van der Waals surface area contributed by atoms with Crippen LogP contribution in [0.3, 0.4) is 0 Å². The molecule has 2 aliphatic heterocycles. The summed E-state index contributed by atoms with van der Waals surface area (Å²) in [6, 6.07) is 6.23. The molecule has 0 aromatic heterocycles. The van der Waals surface area contributed by atoms with E-state index in [0.29, 0.717) is 24.8 Å². The summed E-state index contributed by atoms with van der Waals surface area (Å²) in [6.07, 6.45) is -4.86. The van der Waals surface area contributed by atoms with Crippen LogP contribution in [0, 0.1) is 23.7 Å². The van der Waals surface area contributed by atoms with E-state index < -0.39 is 77.9 Å². The van der Waals surface area contributed by atoms with Crippen molar-refractivity contribution in [3.63, 3.8) is 0 Å². The number of fused-ring (bicyclic) bond motifs is 3. The van der Waals surface area contributed by atoms with Gasteiger partial charge in [-0.15, -0.1) is 0 Å². The van der Waals surface area contributed by atoms with Gasteiger partial charge in [-0.1, -0.05) is 76.6 Å². The summed E-state index contributed by atoms with van der Waals surface area (Å²) in [7, 11) is 2.05. The van der Waals surface area contributed by atoms with Crippen LogP contribution in [-0.2, 0) is 48.5 Å². The second kappa shape index (κ2) is 16.1. The number of carbonyl (C=O) groups is 4. The Morgan fingerprint density at radius 3 is 2.17 bits per heavy atom. The largest absolute Gasteiger partial charge is 0.455 e. The van der Waals surface area contributed by atoms with Gasteiger partial charge in [0.25, 0.3) is 5.60 Å². The zero-order valence-electron chi connectivity index (χ0n) is 27.9. The molecule has 2 aliphatic rings. The average molecular weight is 667 g/mol. The van der Waals surface area contributed by atoms with E-state index in [-0.39, 0.29) is 17.6 Å². The number of hydrogen-bond donors (Lipinski definition) is 0. The van der Waals surface area contributed by atoms with E-state index in [2.05, 4.69) is 0 Å². The molecule has 0 N–H and O–H groups in total. The lowest BCUT2D eigenvalue weighted by Gasteiger charge is -2.35. The van der Waals surface area contributed by atoms with Gasteiger partial charge in [0, 0.05) is 31.6 Å². The smallest absolute Gasteiger partial charge is 0.432 e. The average Bonchev–Trinajstić information content (AvgIpc) is 3.02. The lowest BCUT2D eigenvalue weighted by atomic mass is 9.86. The van der Waals surface area contributed by atoms with E-state index in [1.54, 1.807) is 32.9 Å². The molecule has 0 radical (unpaired) electrons. The van der Waals surface area contributed by atoms with Crippen molar-refractivity contribution in [2.45, 2.75) is 96.5 Å². The van der Waals surface area contributed by atoms with E-state index in [0.717, 1.165) is 19.2 Å². The first-order valence-corrected chi connectivity index (χ1v) is 15.8. The minimum absolute atomic E-state index is 0.146. The van der Waals surface area contributed by atoms with Gasteiger partial charge in [0.1, 0.15) is 11.9 Å². The first kappa shape index (κ1) is 37.9. The normalized spacial score (nSPS) is 33.1. The second-order valence-electron chi connectivity index (χ2n) is 12.5. The fourth-order valence-corrected chi connectivity index (χ4v) is 6.19. The molecule has 9 atom stereocenters. The molecule has 0 fully saturated rings. The Hall–Kier alpha value is -3.51. The molecule has 0 saturated heterocycles. The van der Waals surface area contributed by atoms with Crippen molar-refractivity contribution in [1.82, 2.24) is 0 Å². The Kier molecular flexibility index (Phi) is 13.0. The van der Waals surface area contributed by atoms with Crippen molar-refractivity contribution in [3.8, 4) is 0 Å². The lowest BCUT2D eigenvalue weighted by molar-refractivity contribution is -0.278. The molecule has 0 spiro atoms. The molecule has 0 aliphatic carbocycles. The van der Waals surface area contributed by atoms with Crippen molar-refractivity contribution in [2.24, 2.45) is 23.7 Å². The van der Waals surface area contributed by atoms with Crippen molar-refractivity contribution in [3.05, 3.63) is 59.7 Å². The zero-order chi connectivity index (χ0) is 35.1. The molecule has 1 aromatic carbocycles. The number of methoxy groups -OCH3 is 2. The van der Waals surface area contributed by atoms with E-state index in [9.17, 15) is 32.3 Å². The standard InChI is InChI=1S/C35H45F3O9/c1-20-12-11-13-21(2)30-23(4)18-22(3)29(40)24(5)27(43-6)19-28(39)46-31(32(41)47-30)26(17-16-20)45-33(42)34(44-7,35(36,37)38)25-14-9-8-10-15-25/h8-10,14-18,20-22,24,26-27,30-31H,11-13,19H2,1-7H3/b17-16+,23-18+/t20-,21+,22-,24-,26-,27-,30+,31-,34-/m1/s1. The van der Waals surface area contributed by atoms with Gasteiger partial charge in [0.15, 0.2) is 6.10 Å². The van der Waals surface area contributed by atoms with Crippen LogP contribution in [-0.4, -0.2) is 68.5 Å². The fraction of sp³-hybridized carbons (Fsp3) is 0.600. The summed E-state index contributed by atoms with van der Waals surface area (Å²) in [4.78, 5) is 54.4. The van der Waals surface area contributed by atoms with Gasteiger partial charge in [-0.3, -0.25) is 9.59 Å². The Balaban J connectivity index is 2.20. The highest BCUT2D eigenvalue weighted by molar-refractivity contribution is 5.87. The number of esters is 3.